The third-order valence-corrected chi connectivity index (χ3v) is 2.31. The van der Waals surface area contributed by atoms with Gasteiger partial charge in [-0.1, -0.05) is 0 Å². The molecule has 0 unspecified atom stereocenters. The van der Waals surface area contributed by atoms with Crippen molar-refractivity contribution in [1.29, 1.82) is 0 Å². The molecule has 0 aliphatic rings. The van der Waals surface area contributed by atoms with Gasteiger partial charge in [-0.2, -0.15) is 0 Å². The number of aromatic carboxylic acids is 1. The maximum absolute atomic E-state index is 11.4. The summed E-state index contributed by atoms with van der Waals surface area (Å²) < 4.78 is 0. The van der Waals surface area contributed by atoms with E-state index in [1.165, 1.54) is 12.1 Å². The van der Waals surface area contributed by atoms with Crippen LogP contribution >= 0.6 is 0 Å². The molecule has 92 valence electrons. The summed E-state index contributed by atoms with van der Waals surface area (Å²) in [5.41, 5.74) is 1.48. The van der Waals surface area contributed by atoms with Crippen molar-refractivity contribution in [3.05, 3.63) is 29.3 Å². The molecule has 0 aliphatic carbocycles. The molecule has 3 N–H and O–H groups in total. The van der Waals surface area contributed by atoms with Crippen LogP contribution in [0.3, 0.4) is 0 Å². The lowest BCUT2D eigenvalue weighted by Crippen LogP contribution is -2.13. The average Bonchev–Trinajstić information content (AvgIpc) is 2.28. The molecule has 0 fully saturated rings. The number of rotatable bonds is 5. The van der Waals surface area contributed by atoms with Crippen LogP contribution in [-0.4, -0.2) is 28.7 Å². The molecule has 0 bridgehead atoms. The van der Waals surface area contributed by atoms with Crippen molar-refractivity contribution < 1.29 is 19.8 Å². The zero-order valence-corrected chi connectivity index (χ0v) is 9.56. The van der Waals surface area contributed by atoms with E-state index in [2.05, 4.69) is 5.32 Å². The predicted molar refractivity (Wildman–Crippen MR) is 63.1 cm³/mol. The molecular weight excluding hydrogens is 222 g/mol. The van der Waals surface area contributed by atoms with Crippen LogP contribution in [0.15, 0.2) is 18.2 Å². The molecule has 5 nitrogen and oxygen atoms in total. The summed E-state index contributed by atoms with van der Waals surface area (Å²) in [4.78, 5) is 22.1. The molecule has 1 rings (SSSR count). The largest absolute Gasteiger partial charge is 0.478 e. The summed E-state index contributed by atoms with van der Waals surface area (Å²) in [6, 6.07) is 4.51. The third kappa shape index (κ3) is 3.88. The number of carbonyl (C=O) groups is 2. The number of carboxylic acid groups (broad SMARTS) is 1. The van der Waals surface area contributed by atoms with E-state index in [4.69, 9.17) is 10.2 Å². The zero-order chi connectivity index (χ0) is 12.8. The van der Waals surface area contributed by atoms with Gasteiger partial charge in [0.05, 0.1) is 5.56 Å². The first-order chi connectivity index (χ1) is 8.04. The number of carboxylic acids is 1. The number of aliphatic hydroxyl groups excluding tert-OH is 1. The van der Waals surface area contributed by atoms with Crippen LogP contribution in [0.5, 0.6) is 0 Å². The highest BCUT2D eigenvalue weighted by Crippen LogP contribution is 2.16. The van der Waals surface area contributed by atoms with Gasteiger partial charge in [-0.05, 0) is 37.1 Å². The van der Waals surface area contributed by atoms with Crippen LogP contribution in [0.1, 0.15) is 28.8 Å². The van der Waals surface area contributed by atoms with E-state index in [9.17, 15) is 9.59 Å². The fraction of sp³-hybridized carbons (Fsp3) is 0.333. The van der Waals surface area contributed by atoms with Gasteiger partial charge in [-0.25, -0.2) is 4.79 Å². The highest BCUT2D eigenvalue weighted by atomic mass is 16.4. The van der Waals surface area contributed by atoms with Crippen molar-refractivity contribution in [3.63, 3.8) is 0 Å². The summed E-state index contributed by atoms with van der Waals surface area (Å²) in [7, 11) is 0. The molecule has 0 saturated heterocycles. The SMILES string of the molecule is Cc1cc(C(=O)O)ccc1NC(=O)CCCO. The van der Waals surface area contributed by atoms with Crippen molar-refractivity contribution in [2.45, 2.75) is 19.8 Å². The van der Waals surface area contributed by atoms with Gasteiger partial charge in [0, 0.05) is 18.7 Å². The van der Waals surface area contributed by atoms with Crippen molar-refractivity contribution >= 4 is 17.6 Å². The minimum atomic E-state index is -0.994. The van der Waals surface area contributed by atoms with E-state index in [0.29, 0.717) is 17.7 Å². The van der Waals surface area contributed by atoms with Crippen molar-refractivity contribution in [2.75, 3.05) is 11.9 Å². The zero-order valence-electron chi connectivity index (χ0n) is 9.56. The fourth-order valence-electron chi connectivity index (χ4n) is 1.39. The molecule has 0 atom stereocenters. The lowest BCUT2D eigenvalue weighted by molar-refractivity contribution is -0.116. The highest BCUT2D eigenvalue weighted by molar-refractivity contribution is 5.93. The van der Waals surface area contributed by atoms with Crippen molar-refractivity contribution in [1.82, 2.24) is 0 Å². The topological polar surface area (TPSA) is 86.6 Å². The number of aryl methyl sites for hydroxylation is 1. The van der Waals surface area contributed by atoms with Gasteiger partial charge >= 0.3 is 5.97 Å². The molecule has 1 aromatic rings. The summed E-state index contributed by atoms with van der Waals surface area (Å²) in [6.45, 7) is 1.71. The normalized spacial score (nSPS) is 10.0. The molecular formula is C12H15NO4. The number of carbonyl (C=O) groups excluding carboxylic acids is 1. The van der Waals surface area contributed by atoms with Gasteiger partial charge in [-0.3, -0.25) is 4.79 Å². The number of nitrogens with one attached hydrogen (secondary N) is 1. The summed E-state index contributed by atoms with van der Waals surface area (Å²) >= 11 is 0. The Morgan fingerprint density at radius 2 is 2.06 bits per heavy atom. The van der Waals surface area contributed by atoms with Gasteiger partial charge in [0.2, 0.25) is 5.91 Å². The number of benzene rings is 1. The first-order valence-electron chi connectivity index (χ1n) is 5.29. The van der Waals surface area contributed by atoms with E-state index < -0.39 is 5.97 Å². The van der Waals surface area contributed by atoms with Crippen molar-refractivity contribution in [2.24, 2.45) is 0 Å². The monoisotopic (exact) mass is 237 g/mol. The summed E-state index contributed by atoms with van der Waals surface area (Å²) in [5, 5.41) is 20.0. The van der Waals surface area contributed by atoms with E-state index in [-0.39, 0.29) is 24.5 Å². The Labute approximate surface area is 99.1 Å². The molecule has 5 heteroatoms. The second-order valence-corrected chi connectivity index (χ2v) is 3.71. The third-order valence-electron chi connectivity index (χ3n) is 2.31. The van der Waals surface area contributed by atoms with Crippen LogP contribution in [0.4, 0.5) is 5.69 Å². The lowest BCUT2D eigenvalue weighted by atomic mass is 10.1. The molecule has 17 heavy (non-hydrogen) atoms. The average molecular weight is 237 g/mol. The molecule has 0 aromatic heterocycles. The van der Waals surface area contributed by atoms with E-state index in [0.717, 1.165) is 0 Å². The Balaban J connectivity index is 2.72. The van der Waals surface area contributed by atoms with Crippen molar-refractivity contribution in [3.8, 4) is 0 Å². The van der Waals surface area contributed by atoms with Crippen LogP contribution in [0.25, 0.3) is 0 Å². The smallest absolute Gasteiger partial charge is 0.335 e. The Hall–Kier alpha value is -1.88. The van der Waals surface area contributed by atoms with E-state index in [1.54, 1.807) is 13.0 Å². The van der Waals surface area contributed by atoms with Crippen LogP contribution in [-0.2, 0) is 4.79 Å². The minimum Gasteiger partial charge on any atom is -0.478 e. The lowest BCUT2D eigenvalue weighted by Gasteiger charge is -2.08. The second kappa shape index (κ2) is 6.00. The Morgan fingerprint density at radius 1 is 1.35 bits per heavy atom. The van der Waals surface area contributed by atoms with Gasteiger partial charge in [-0.15, -0.1) is 0 Å². The van der Waals surface area contributed by atoms with Gasteiger partial charge in [0.15, 0.2) is 0 Å². The van der Waals surface area contributed by atoms with E-state index in [1.807, 2.05) is 0 Å². The predicted octanol–water partition coefficient (Wildman–Crippen LogP) is 1.40. The molecule has 0 saturated carbocycles. The summed E-state index contributed by atoms with van der Waals surface area (Å²) in [6.07, 6.45) is 0.661. The number of amides is 1. The second-order valence-electron chi connectivity index (χ2n) is 3.71. The van der Waals surface area contributed by atoms with Gasteiger partial charge in [0.25, 0.3) is 0 Å². The number of aliphatic hydroxyl groups is 1. The number of hydrogen-bond acceptors (Lipinski definition) is 3. The molecule has 0 heterocycles. The highest BCUT2D eigenvalue weighted by Gasteiger charge is 2.07. The molecule has 0 aliphatic heterocycles. The van der Waals surface area contributed by atoms with Crippen LogP contribution < -0.4 is 5.32 Å². The van der Waals surface area contributed by atoms with Gasteiger partial charge < -0.3 is 15.5 Å². The standard InChI is InChI=1S/C12H15NO4/c1-8-7-9(12(16)17)4-5-10(8)13-11(15)3-2-6-14/h4-5,7,14H,2-3,6H2,1H3,(H,13,15)(H,16,17). The Bertz CT molecular complexity index is 429. The Morgan fingerprint density at radius 3 is 2.59 bits per heavy atom. The fourth-order valence-corrected chi connectivity index (χ4v) is 1.39. The maximum Gasteiger partial charge on any atom is 0.335 e. The first kappa shape index (κ1) is 13.2. The first-order valence-corrected chi connectivity index (χ1v) is 5.29. The van der Waals surface area contributed by atoms with Gasteiger partial charge in [0.1, 0.15) is 0 Å². The van der Waals surface area contributed by atoms with Crippen LogP contribution in [0.2, 0.25) is 0 Å². The molecule has 0 spiro atoms. The maximum atomic E-state index is 11.4. The Kier molecular flexibility index (Phi) is 4.66. The molecule has 1 amide bonds. The number of hydrogen-bond donors (Lipinski definition) is 3. The molecule has 1 aromatic carbocycles. The quantitative estimate of drug-likeness (QED) is 0.722. The van der Waals surface area contributed by atoms with E-state index >= 15 is 0 Å². The molecule has 0 radical (unpaired) electrons. The van der Waals surface area contributed by atoms with Crippen LogP contribution in [0, 0.1) is 6.92 Å². The number of anilines is 1. The summed E-state index contributed by atoms with van der Waals surface area (Å²) in [5.74, 6) is -1.18. The minimum absolute atomic E-state index is 0.0235.